The Bertz CT molecular complexity index is 599. The van der Waals surface area contributed by atoms with Gasteiger partial charge in [-0.1, -0.05) is 34.5 Å². The lowest BCUT2D eigenvalue weighted by Gasteiger charge is -2.17. The molecule has 0 unspecified atom stereocenters. The maximum Gasteiger partial charge on any atom is 0.265 e. The van der Waals surface area contributed by atoms with Crippen LogP contribution in [0.2, 0.25) is 5.02 Å². The van der Waals surface area contributed by atoms with E-state index in [1.54, 1.807) is 24.3 Å². The summed E-state index contributed by atoms with van der Waals surface area (Å²) in [4.78, 5) is 12.2. The molecule has 1 amide bonds. The van der Waals surface area contributed by atoms with Crippen LogP contribution >= 0.6 is 27.5 Å². The van der Waals surface area contributed by atoms with Gasteiger partial charge in [-0.2, -0.15) is 0 Å². The Kier molecular flexibility index (Phi) is 5.65. The predicted octanol–water partition coefficient (Wildman–Crippen LogP) is 4.90. The maximum absolute atomic E-state index is 12.2. The average molecular weight is 369 g/mol. The van der Waals surface area contributed by atoms with Crippen LogP contribution in [0.3, 0.4) is 0 Å². The molecule has 21 heavy (non-hydrogen) atoms. The molecular formula is C16H15BrClNO2. The Morgan fingerprint density at radius 2 is 1.81 bits per heavy atom. The molecule has 0 spiro atoms. The molecule has 1 atom stereocenters. The van der Waals surface area contributed by atoms with E-state index in [-0.39, 0.29) is 5.91 Å². The standard InChI is InChI=1S/C16H15BrClNO2/c1-2-15(21-14-9-5-12(18)6-10-14)16(20)19-13-7-3-11(17)4-8-13/h3-10,15H,2H2,1H3,(H,19,20)/t15-/m0/s1. The molecule has 2 rings (SSSR count). The highest BCUT2D eigenvalue weighted by atomic mass is 79.9. The fraction of sp³-hybridized carbons (Fsp3) is 0.188. The van der Waals surface area contributed by atoms with Crippen molar-refractivity contribution in [2.75, 3.05) is 5.32 Å². The van der Waals surface area contributed by atoms with Gasteiger partial charge in [-0.25, -0.2) is 0 Å². The second kappa shape index (κ2) is 7.48. The van der Waals surface area contributed by atoms with Gasteiger partial charge in [0.05, 0.1) is 0 Å². The zero-order valence-corrected chi connectivity index (χ0v) is 13.8. The van der Waals surface area contributed by atoms with Gasteiger partial charge in [0.1, 0.15) is 5.75 Å². The Labute approximate surface area is 137 Å². The highest BCUT2D eigenvalue weighted by Gasteiger charge is 2.18. The molecule has 0 aromatic heterocycles. The zero-order chi connectivity index (χ0) is 15.2. The second-order valence-electron chi connectivity index (χ2n) is 4.46. The number of rotatable bonds is 5. The summed E-state index contributed by atoms with van der Waals surface area (Å²) in [6.07, 6.45) is 0.0279. The third-order valence-corrected chi connectivity index (χ3v) is 3.65. The third kappa shape index (κ3) is 4.76. The van der Waals surface area contributed by atoms with E-state index in [2.05, 4.69) is 21.2 Å². The molecule has 0 fully saturated rings. The summed E-state index contributed by atoms with van der Waals surface area (Å²) in [5.41, 5.74) is 0.737. The SMILES string of the molecule is CC[C@H](Oc1ccc(Cl)cc1)C(=O)Nc1ccc(Br)cc1. The number of hydrogen-bond acceptors (Lipinski definition) is 2. The fourth-order valence-electron chi connectivity index (χ4n) is 1.76. The van der Waals surface area contributed by atoms with Gasteiger partial charge in [-0.05, 0) is 55.0 Å². The number of amides is 1. The van der Waals surface area contributed by atoms with Crippen molar-refractivity contribution < 1.29 is 9.53 Å². The Balaban J connectivity index is 2.01. The topological polar surface area (TPSA) is 38.3 Å². The van der Waals surface area contributed by atoms with Gasteiger partial charge >= 0.3 is 0 Å². The molecule has 2 aromatic rings. The number of nitrogens with one attached hydrogen (secondary N) is 1. The molecule has 5 heteroatoms. The molecule has 0 radical (unpaired) electrons. The molecule has 0 aliphatic heterocycles. The molecular weight excluding hydrogens is 354 g/mol. The monoisotopic (exact) mass is 367 g/mol. The molecule has 110 valence electrons. The molecule has 0 aliphatic carbocycles. The highest BCUT2D eigenvalue weighted by Crippen LogP contribution is 2.19. The minimum absolute atomic E-state index is 0.172. The van der Waals surface area contributed by atoms with Gasteiger partial charge in [0.15, 0.2) is 6.10 Å². The maximum atomic E-state index is 12.2. The first-order chi connectivity index (χ1) is 10.1. The number of anilines is 1. The van der Waals surface area contributed by atoms with Crippen molar-refractivity contribution in [2.45, 2.75) is 19.4 Å². The molecule has 0 saturated heterocycles. The summed E-state index contributed by atoms with van der Waals surface area (Å²) < 4.78 is 6.66. The first-order valence-electron chi connectivity index (χ1n) is 6.57. The summed E-state index contributed by atoms with van der Waals surface area (Å²) in [6.45, 7) is 1.90. The first kappa shape index (κ1) is 15.9. The predicted molar refractivity (Wildman–Crippen MR) is 88.9 cm³/mol. The average Bonchev–Trinajstić information content (AvgIpc) is 2.49. The smallest absolute Gasteiger partial charge is 0.265 e. The van der Waals surface area contributed by atoms with Crippen molar-refractivity contribution in [3.05, 3.63) is 58.0 Å². The number of carbonyl (C=O) groups excluding carboxylic acids is 1. The lowest BCUT2D eigenvalue weighted by molar-refractivity contribution is -0.122. The first-order valence-corrected chi connectivity index (χ1v) is 7.74. The van der Waals surface area contributed by atoms with Crippen LogP contribution in [0.4, 0.5) is 5.69 Å². The van der Waals surface area contributed by atoms with Crippen molar-refractivity contribution in [3.8, 4) is 5.75 Å². The Morgan fingerprint density at radius 1 is 1.19 bits per heavy atom. The third-order valence-electron chi connectivity index (χ3n) is 2.87. The van der Waals surface area contributed by atoms with Gasteiger partial charge in [0.25, 0.3) is 5.91 Å². The molecule has 0 bridgehead atoms. The largest absolute Gasteiger partial charge is 0.481 e. The Morgan fingerprint density at radius 3 is 2.38 bits per heavy atom. The van der Waals surface area contributed by atoms with Gasteiger partial charge in [-0.15, -0.1) is 0 Å². The van der Waals surface area contributed by atoms with E-state index in [0.29, 0.717) is 17.2 Å². The second-order valence-corrected chi connectivity index (χ2v) is 5.82. The number of halogens is 2. The molecule has 1 N–H and O–H groups in total. The van der Waals surface area contributed by atoms with Crippen LogP contribution in [0.25, 0.3) is 0 Å². The molecule has 0 aliphatic rings. The van der Waals surface area contributed by atoms with Crippen molar-refractivity contribution in [3.63, 3.8) is 0 Å². The number of benzene rings is 2. The van der Waals surface area contributed by atoms with Gasteiger partial charge in [-0.3, -0.25) is 4.79 Å². The van der Waals surface area contributed by atoms with E-state index in [4.69, 9.17) is 16.3 Å². The van der Waals surface area contributed by atoms with E-state index in [1.807, 2.05) is 31.2 Å². The van der Waals surface area contributed by atoms with Crippen LogP contribution in [-0.2, 0) is 4.79 Å². The molecule has 3 nitrogen and oxygen atoms in total. The summed E-state index contributed by atoms with van der Waals surface area (Å²) in [6, 6.07) is 14.4. The normalized spacial score (nSPS) is 11.8. The lowest BCUT2D eigenvalue weighted by Crippen LogP contribution is -2.32. The molecule has 0 saturated carbocycles. The van der Waals surface area contributed by atoms with Crippen molar-refractivity contribution in [2.24, 2.45) is 0 Å². The van der Waals surface area contributed by atoms with Crippen molar-refractivity contribution in [1.29, 1.82) is 0 Å². The quantitative estimate of drug-likeness (QED) is 0.815. The Hall–Kier alpha value is -1.52. The van der Waals surface area contributed by atoms with Gasteiger partial charge in [0, 0.05) is 15.2 Å². The van der Waals surface area contributed by atoms with Crippen molar-refractivity contribution in [1.82, 2.24) is 0 Å². The summed E-state index contributed by atoms with van der Waals surface area (Å²) in [7, 11) is 0. The van der Waals surface area contributed by atoms with Gasteiger partial charge < -0.3 is 10.1 Å². The van der Waals surface area contributed by atoms with Crippen LogP contribution in [-0.4, -0.2) is 12.0 Å². The van der Waals surface area contributed by atoms with Crippen LogP contribution in [0.15, 0.2) is 53.0 Å². The van der Waals surface area contributed by atoms with Crippen LogP contribution in [0.5, 0.6) is 5.75 Å². The number of hydrogen-bond donors (Lipinski definition) is 1. The summed E-state index contributed by atoms with van der Waals surface area (Å²) >= 11 is 9.18. The number of ether oxygens (including phenoxy) is 1. The fourth-order valence-corrected chi connectivity index (χ4v) is 2.15. The van der Waals surface area contributed by atoms with E-state index >= 15 is 0 Å². The lowest BCUT2D eigenvalue weighted by atomic mass is 10.2. The van der Waals surface area contributed by atoms with E-state index < -0.39 is 6.10 Å². The molecule has 0 heterocycles. The summed E-state index contributed by atoms with van der Waals surface area (Å²) in [5, 5.41) is 3.47. The van der Waals surface area contributed by atoms with Crippen LogP contribution in [0.1, 0.15) is 13.3 Å². The van der Waals surface area contributed by atoms with E-state index in [0.717, 1.165) is 10.2 Å². The number of carbonyl (C=O) groups is 1. The minimum atomic E-state index is -0.546. The zero-order valence-electron chi connectivity index (χ0n) is 11.5. The minimum Gasteiger partial charge on any atom is -0.481 e. The van der Waals surface area contributed by atoms with Gasteiger partial charge in [0.2, 0.25) is 0 Å². The molecule has 2 aromatic carbocycles. The highest BCUT2D eigenvalue weighted by molar-refractivity contribution is 9.10. The van der Waals surface area contributed by atoms with Crippen molar-refractivity contribution >= 4 is 39.1 Å². The summed E-state index contributed by atoms with van der Waals surface area (Å²) in [5.74, 6) is 0.451. The van der Waals surface area contributed by atoms with Crippen LogP contribution < -0.4 is 10.1 Å². The van der Waals surface area contributed by atoms with E-state index in [9.17, 15) is 4.79 Å². The van der Waals surface area contributed by atoms with E-state index in [1.165, 1.54) is 0 Å². The van der Waals surface area contributed by atoms with Crippen LogP contribution in [0, 0.1) is 0 Å².